The minimum absolute atomic E-state index is 0.0654. The highest BCUT2D eigenvalue weighted by molar-refractivity contribution is 5.70. The molecule has 0 rings (SSSR count). The van der Waals surface area contributed by atoms with Crippen molar-refractivity contribution in [1.29, 1.82) is 0 Å². The Labute approximate surface area is 359 Å². The van der Waals surface area contributed by atoms with E-state index in [1.54, 1.807) is 0 Å². The van der Waals surface area contributed by atoms with E-state index in [4.69, 9.17) is 14.2 Å². The van der Waals surface area contributed by atoms with Gasteiger partial charge in [0.25, 0.3) is 0 Å². The largest absolute Gasteiger partial charge is 0.462 e. The zero-order valence-corrected chi connectivity index (χ0v) is 38.3. The van der Waals surface area contributed by atoms with Gasteiger partial charge in [-0.25, -0.2) is 0 Å². The molecule has 0 aromatic rings. The normalized spacial score (nSPS) is 12.8. The van der Waals surface area contributed by atoms with Crippen molar-refractivity contribution in [1.82, 2.24) is 0 Å². The van der Waals surface area contributed by atoms with E-state index in [1.807, 2.05) is 0 Å². The molecule has 1 atom stereocenters. The summed E-state index contributed by atoms with van der Waals surface area (Å²) in [7, 11) is 0. The first-order valence-corrected chi connectivity index (χ1v) is 24.5. The Morgan fingerprint density at radius 3 is 1.31 bits per heavy atom. The first-order chi connectivity index (χ1) is 28.6. The molecule has 58 heavy (non-hydrogen) atoms. The fraction of sp³-hybridized carbons (Fsp3) is 0.736. The predicted octanol–water partition coefficient (Wildman–Crippen LogP) is 16.3. The van der Waals surface area contributed by atoms with Crippen molar-refractivity contribution in [3.8, 4) is 0 Å². The minimum Gasteiger partial charge on any atom is -0.462 e. The highest BCUT2D eigenvalue weighted by Gasteiger charge is 2.17. The zero-order valence-electron chi connectivity index (χ0n) is 38.3. The number of hydrogen-bond acceptors (Lipinski definition) is 5. The zero-order chi connectivity index (χ0) is 42.1. The Bertz CT molecular complexity index is 1050. The summed E-state index contributed by atoms with van der Waals surface area (Å²) in [6.07, 6.45) is 61.9. The Balaban J connectivity index is 4.22. The minimum atomic E-state index is -0.557. The molecule has 0 N–H and O–H groups in total. The van der Waals surface area contributed by atoms with E-state index >= 15 is 0 Å². The van der Waals surface area contributed by atoms with Crippen molar-refractivity contribution >= 4 is 11.9 Å². The summed E-state index contributed by atoms with van der Waals surface area (Å²) in [6.45, 7) is 7.63. The fourth-order valence-corrected chi connectivity index (χ4v) is 6.59. The summed E-state index contributed by atoms with van der Waals surface area (Å²) < 4.78 is 17.3. The molecule has 334 valence electrons. The van der Waals surface area contributed by atoms with Crippen LogP contribution in [0.4, 0.5) is 0 Å². The molecule has 1 unspecified atom stereocenters. The standard InChI is InChI=1S/C53H92O5/c1-4-7-10-13-16-19-21-23-25-26-27-28-30-31-33-35-37-40-43-46-52(54)57-50-51(49-56-48-45-42-39-18-15-12-9-6-3)58-53(55)47-44-41-38-36-34-32-29-24-22-20-17-14-11-8-5-2/h8,11,16-17,19-20,23-25,29,34,36,51H,4-7,9-10,12-15,18,21-22,26-28,30-33,35,37-50H2,1-3H3/b11-8-,19-16-,20-17-,25-23-,29-24-,36-34-. The maximum atomic E-state index is 12.7. The second-order valence-electron chi connectivity index (χ2n) is 16.0. The molecule has 0 heterocycles. The van der Waals surface area contributed by atoms with Crippen molar-refractivity contribution in [2.75, 3.05) is 19.8 Å². The van der Waals surface area contributed by atoms with Gasteiger partial charge in [0.2, 0.25) is 0 Å². The van der Waals surface area contributed by atoms with E-state index < -0.39 is 6.10 Å². The molecule has 0 aliphatic carbocycles. The fourth-order valence-electron chi connectivity index (χ4n) is 6.59. The van der Waals surface area contributed by atoms with Gasteiger partial charge in [0.15, 0.2) is 6.10 Å². The topological polar surface area (TPSA) is 61.8 Å². The smallest absolute Gasteiger partial charge is 0.306 e. The molecule has 0 aromatic carbocycles. The number of hydrogen-bond donors (Lipinski definition) is 0. The Morgan fingerprint density at radius 1 is 0.397 bits per heavy atom. The van der Waals surface area contributed by atoms with Gasteiger partial charge in [-0.1, -0.05) is 196 Å². The highest BCUT2D eigenvalue weighted by atomic mass is 16.6. The van der Waals surface area contributed by atoms with Gasteiger partial charge in [-0.15, -0.1) is 0 Å². The monoisotopic (exact) mass is 809 g/mol. The van der Waals surface area contributed by atoms with E-state index in [2.05, 4.69) is 93.7 Å². The van der Waals surface area contributed by atoms with Crippen molar-refractivity contribution < 1.29 is 23.8 Å². The van der Waals surface area contributed by atoms with Crippen LogP contribution in [-0.2, 0) is 23.8 Å². The van der Waals surface area contributed by atoms with Crippen LogP contribution in [0.3, 0.4) is 0 Å². The van der Waals surface area contributed by atoms with Crippen LogP contribution in [-0.4, -0.2) is 37.9 Å². The Kier molecular flexibility index (Phi) is 46.5. The SMILES string of the molecule is CC/C=C\C/C=C\C/C=C\C/C=C\CCCCC(=O)OC(COCCCCCCCCCC)COC(=O)CCCCCCCCCCC/C=C\C/C=C\CCCCC. The van der Waals surface area contributed by atoms with Crippen LogP contribution < -0.4 is 0 Å². The molecule has 0 saturated heterocycles. The van der Waals surface area contributed by atoms with Gasteiger partial charge < -0.3 is 14.2 Å². The van der Waals surface area contributed by atoms with Crippen LogP contribution in [0.15, 0.2) is 72.9 Å². The summed E-state index contributed by atoms with van der Waals surface area (Å²) in [5.74, 6) is -0.450. The number of allylic oxidation sites excluding steroid dienone is 12. The number of carbonyl (C=O) groups is 2. The summed E-state index contributed by atoms with van der Waals surface area (Å²) in [6, 6.07) is 0. The molecule has 0 aromatic heterocycles. The summed E-state index contributed by atoms with van der Waals surface area (Å²) in [5, 5.41) is 0. The summed E-state index contributed by atoms with van der Waals surface area (Å²) >= 11 is 0. The molecule has 0 bridgehead atoms. The third kappa shape index (κ3) is 46.0. The number of carbonyl (C=O) groups excluding carboxylic acids is 2. The average molecular weight is 809 g/mol. The maximum Gasteiger partial charge on any atom is 0.306 e. The molecule has 0 fully saturated rings. The van der Waals surface area contributed by atoms with E-state index in [-0.39, 0.29) is 25.2 Å². The van der Waals surface area contributed by atoms with E-state index in [0.717, 1.165) is 83.5 Å². The third-order valence-corrected chi connectivity index (χ3v) is 10.2. The molecular formula is C53H92O5. The summed E-state index contributed by atoms with van der Waals surface area (Å²) in [4.78, 5) is 25.3. The van der Waals surface area contributed by atoms with Crippen molar-refractivity contribution in [3.63, 3.8) is 0 Å². The molecule has 0 amide bonds. The van der Waals surface area contributed by atoms with Crippen LogP contribution in [0.2, 0.25) is 0 Å². The van der Waals surface area contributed by atoms with Gasteiger partial charge in [-0.05, 0) is 89.9 Å². The number of ether oxygens (including phenoxy) is 3. The van der Waals surface area contributed by atoms with Gasteiger partial charge in [-0.2, -0.15) is 0 Å². The maximum absolute atomic E-state index is 12.7. The Hall–Kier alpha value is -2.66. The average Bonchev–Trinajstić information content (AvgIpc) is 3.22. The van der Waals surface area contributed by atoms with Gasteiger partial charge in [0.05, 0.1) is 6.61 Å². The van der Waals surface area contributed by atoms with Crippen molar-refractivity contribution in [2.24, 2.45) is 0 Å². The van der Waals surface area contributed by atoms with Gasteiger partial charge in [0, 0.05) is 19.4 Å². The van der Waals surface area contributed by atoms with E-state index in [0.29, 0.717) is 19.4 Å². The van der Waals surface area contributed by atoms with Gasteiger partial charge in [0.1, 0.15) is 6.61 Å². The molecule has 0 aliphatic heterocycles. The lowest BCUT2D eigenvalue weighted by Crippen LogP contribution is -2.30. The lowest BCUT2D eigenvalue weighted by atomic mass is 10.1. The molecular weight excluding hydrogens is 717 g/mol. The second-order valence-corrected chi connectivity index (χ2v) is 16.0. The molecule has 0 saturated carbocycles. The molecule has 5 nitrogen and oxygen atoms in total. The molecule has 0 radical (unpaired) electrons. The van der Waals surface area contributed by atoms with Gasteiger partial charge in [-0.3, -0.25) is 9.59 Å². The molecule has 5 heteroatoms. The van der Waals surface area contributed by atoms with Crippen LogP contribution >= 0.6 is 0 Å². The quantitative estimate of drug-likeness (QED) is 0.0348. The van der Waals surface area contributed by atoms with E-state index in [9.17, 15) is 9.59 Å². The molecule has 0 spiro atoms. The van der Waals surface area contributed by atoms with Crippen LogP contribution in [0.25, 0.3) is 0 Å². The highest BCUT2D eigenvalue weighted by Crippen LogP contribution is 2.13. The predicted molar refractivity (Wildman–Crippen MR) is 251 cm³/mol. The first kappa shape index (κ1) is 55.3. The van der Waals surface area contributed by atoms with Crippen molar-refractivity contribution in [3.05, 3.63) is 72.9 Å². The second kappa shape index (κ2) is 48.7. The van der Waals surface area contributed by atoms with Crippen LogP contribution in [0, 0.1) is 0 Å². The Morgan fingerprint density at radius 2 is 0.776 bits per heavy atom. The molecule has 0 aliphatic rings. The summed E-state index contributed by atoms with van der Waals surface area (Å²) in [5.41, 5.74) is 0. The number of rotatable bonds is 44. The van der Waals surface area contributed by atoms with Crippen LogP contribution in [0.1, 0.15) is 226 Å². The first-order valence-electron chi connectivity index (χ1n) is 24.5. The van der Waals surface area contributed by atoms with Crippen molar-refractivity contribution in [2.45, 2.75) is 232 Å². The number of unbranched alkanes of at least 4 members (excludes halogenated alkanes) is 21. The number of esters is 2. The van der Waals surface area contributed by atoms with E-state index in [1.165, 1.54) is 109 Å². The third-order valence-electron chi connectivity index (χ3n) is 10.2. The lowest BCUT2D eigenvalue weighted by Gasteiger charge is -2.18. The van der Waals surface area contributed by atoms with Crippen LogP contribution in [0.5, 0.6) is 0 Å². The van der Waals surface area contributed by atoms with Gasteiger partial charge >= 0.3 is 11.9 Å². The lowest BCUT2D eigenvalue weighted by molar-refractivity contribution is -0.163.